The number of rotatable bonds is 5. The Morgan fingerprint density at radius 2 is 1.71 bits per heavy atom. The highest BCUT2D eigenvalue weighted by Crippen LogP contribution is 2.43. The Labute approximate surface area is 185 Å². The zero-order chi connectivity index (χ0) is 21.4. The number of fused-ring (bicyclic) bond motifs is 1. The minimum atomic E-state index is -0.268. The third kappa shape index (κ3) is 3.37. The topological polar surface area (TPSA) is 58.2 Å². The number of hydrogen-bond donors (Lipinski definition) is 1. The van der Waals surface area contributed by atoms with E-state index in [9.17, 15) is 4.79 Å². The summed E-state index contributed by atoms with van der Waals surface area (Å²) < 4.78 is 5.28. The Hall–Kier alpha value is -3.57. The standard InChI is InChI=1S/C25H20ClN3O2/c1-31-19-13-11-16(12-14-19)22-21-23(28-27-22)25(30)29(15-18-9-5-6-10-20(18)26)24(21)17-7-3-2-4-8-17/h2-14,24H,15H2,1H3,(H,27,28). The first-order valence-electron chi connectivity index (χ1n) is 9.99. The maximum atomic E-state index is 13.4. The average Bonchev–Trinajstić information content (AvgIpc) is 3.35. The highest BCUT2D eigenvalue weighted by molar-refractivity contribution is 6.31. The molecule has 1 aromatic heterocycles. The second-order valence-corrected chi connectivity index (χ2v) is 7.83. The highest BCUT2D eigenvalue weighted by atomic mass is 35.5. The van der Waals surface area contributed by atoms with Gasteiger partial charge in [0.1, 0.15) is 11.4 Å². The monoisotopic (exact) mass is 429 g/mol. The molecule has 1 amide bonds. The molecule has 3 aromatic carbocycles. The van der Waals surface area contributed by atoms with Crippen molar-refractivity contribution in [1.29, 1.82) is 0 Å². The second-order valence-electron chi connectivity index (χ2n) is 7.43. The molecule has 154 valence electrons. The minimum absolute atomic E-state index is 0.0870. The van der Waals surface area contributed by atoms with E-state index in [-0.39, 0.29) is 11.9 Å². The third-order valence-electron chi connectivity index (χ3n) is 5.64. The van der Waals surface area contributed by atoms with E-state index in [0.29, 0.717) is 17.3 Å². The fourth-order valence-corrected chi connectivity index (χ4v) is 4.32. The van der Waals surface area contributed by atoms with Gasteiger partial charge in [0, 0.05) is 22.7 Å². The molecule has 0 fully saturated rings. The number of benzene rings is 3. The highest BCUT2D eigenvalue weighted by Gasteiger charge is 2.42. The van der Waals surface area contributed by atoms with Crippen LogP contribution in [-0.4, -0.2) is 28.1 Å². The minimum Gasteiger partial charge on any atom is -0.497 e. The van der Waals surface area contributed by atoms with E-state index < -0.39 is 0 Å². The maximum Gasteiger partial charge on any atom is 0.273 e. The summed E-state index contributed by atoms with van der Waals surface area (Å²) in [6.45, 7) is 0.405. The SMILES string of the molecule is COc1ccc(-c2n[nH]c3c2C(c2ccccc2)N(Cc2ccccc2Cl)C3=O)cc1. The van der Waals surface area contributed by atoms with Crippen molar-refractivity contribution < 1.29 is 9.53 Å². The molecule has 0 bridgehead atoms. The van der Waals surface area contributed by atoms with Crippen LogP contribution in [0.25, 0.3) is 11.3 Å². The summed E-state index contributed by atoms with van der Waals surface area (Å²) in [6.07, 6.45) is 0. The van der Waals surface area contributed by atoms with Gasteiger partial charge in [-0.15, -0.1) is 0 Å². The fraction of sp³-hybridized carbons (Fsp3) is 0.120. The first kappa shape index (κ1) is 19.4. The molecule has 0 saturated carbocycles. The largest absolute Gasteiger partial charge is 0.497 e. The summed E-state index contributed by atoms with van der Waals surface area (Å²) in [5, 5.41) is 8.14. The van der Waals surface area contributed by atoms with Crippen LogP contribution in [0.3, 0.4) is 0 Å². The molecule has 1 atom stereocenters. The number of hydrogen-bond acceptors (Lipinski definition) is 3. The smallest absolute Gasteiger partial charge is 0.273 e. The molecule has 4 aromatic rings. The molecule has 0 aliphatic carbocycles. The molecule has 0 radical (unpaired) electrons. The van der Waals surface area contributed by atoms with E-state index >= 15 is 0 Å². The molecular weight excluding hydrogens is 410 g/mol. The Kier molecular flexibility index (Phi) is 4.96. The molecule has 6 heteroatoms. The quantitative estimate of drug-likeness (QED) is 0.456. The number of aromatic nitrogens is 2. The van der Waals surface area contributed by atoms with Gasteiger partial charge in [-0.05, 0) is 41.5 Å². The number of methoxy groups -OCH3 is 1. The zero-order valence-corrected chi connectivity index (χ0v) is 17.6. The van der Waals surface area contributed by atoms with Gasteiger partial charge in [0.2, 0.25) is 0 Å². The van der Waals surface area contributed by atoms with Crippen molar-refractivity contribution in [3.8, 4) is 17.0 Å². The first-order chi connectivity index (χ1) is 15.2. The predicted molar refractivity (Wildman–Crippen MR) is 120 cm³/mol. The Morgan fingerprint density at radius 3 is 2.42 bits per heavy atom. The average molecular weight is 430 g/mol. The van der Waals surface area contributed by atoms with E-state index in [1.165, 1.54) is 0 Å². The summed E-state index contributed by atoms with van der Waals surface area (Å²) in [5.74, 6) is 0.683. The summed E-state index contributed by atoms with van der Waals surface area (Å²) in [4.78, 5) is 15.3. The van der Waals surface area contributed by atoms with Gasteiger partial charge in [0.05, 0.1) is 18.8 Å². The van der Waals surface area contributed by atoms with Crippen LogP contribution in [0.1, 0.15) is 33.2 Å². The lowest BCUT2D eigenvalue weighted by atomic mass is 9.96. The molecule has 5 nitrogen and oxygen atoms in total. The lowest BCUT2D eigenvalue weighted by molar-refractivity contribution is 0.0730. The van der Waals surface area contributed by atoms with Crippen LogP contribution in [0.2, 0.25) is 5.02 Å². The Bertz CT molecular complexity index is 1240. The van der Waals surface area contributed by atoms with Crippen LogP contribution in [-0.2, 0) is 6.54 Å². The molecule has 2 heterocycles. The number of carbonyl (C=O) groups excluding carboxylic acids is 1. The Morgan fingerprint density at radius 1 is 1.00 bits per heavy atom. The van der Waals surface area contributed by atoms with Crippen LogP contribution in [0, 0.1) is 0 Å². The lowest BCUT2D eigenvalue weighted by Crippen LogP contribution is -2.29. The number of amides is 1. The molecule has 0 spiro atoms. The molecule has 0 saturated heterocycles. The number of aromatic amines is 1. The Balaban J connectivity index is 1.63. The molecule has 1 unspecified atom stereocenters. The van der Waals surface area contributed by atoms with E-state index in [1.54, 1.807) is 7.11 Å². The third-order valence-corrected chi connectivity index (χ3v) is 6.01. The molecular formula is C25H20ClN3O2. The molecule has 1 aliphatic heterocycles. The first-order valence-corrected chi connectivity index (χ1v) is 10.4. The number of carbonyl (C=O) groups is 1. The summed E-state index contributed by atoms with van der Waals surface area (Å²) in [5.41, 5.74) is 5.02. The summed E-state index contributed by atoms with van der Waals surface area (Å²) in [6, 6.07) is 25.1. The number of nitrogens with one attached hydrogen (secondary N) is 1. The number of ether oxygens (including phenoxy) is 1. The number of H-pyrrole nitrogens is 1. The number of nitrogens with zero attached hydrogens (tertiary/aromatic N) is 2. The van der Waals surface area contributed by atoms with Crippen LogP contribution in [0.5, 0.6) is 5.75 Å². The van der Waals surface area contributed by atoms with E-state index in [2.05, 4.69) is 10.2 Å². The van der Waals surface area contributed by atoms with Gasteiger partial charge < -0.3 is 9.64 Å². The van der Waals surface area contributed by atoms with Crippen molar-refractivity contribution in [2.45, 2.75) is 12.6 Å². The fourth-order valence-electron chi connectivity index (χ4n) is 4.12. The second kappa shape index (κ2) is 7.93. The van der Waals surface area contributed by atoms with Gasteiger partial charge in [-0.25, -0.2) is 0 Å². The van der Waals surface area contributed by atoms with Crippen molar-refractivity contribution in [3.63, 3.8) is 0 Å². The van der Waals surface area contributed by atoms with E-state index in [1.807, 2.05) is 83.8 Å². The van der Waals surface area contributed by atoms with E-state index in [4.69, 9.17) is 16.3 Å². The molecule has 1 N–H and O–H groups in total. The molecule has 1 aliphatic rings. The van der Waals surface area contributed by atoms with Crippen LogP contribution in [0.15, 0.2) is 78.9 Å². The van der Waals surface area contributed by atoms with Gasteiger partial charge in [-0.3, -0.25) is 9.89 Å². The van der Waals surface area contributed by atoms with E-state index in [0.717, 1.165) is 33.7 Å². The van der Waals surface area contributed by atoms with Gasteiger partial charge in [-0.1, -0.05) is 60.1 Å². The van der Waals surface area contributed by atoms with Crippen molar-refractivity contribution in [2.75, 3.05) is 7.11 Å². The molecule has 5 rings (SSSR count). The van der Waals surface area contributed by atoms with Crippen LogP contribution < -0.4 is 4.74 Å². The number of halogens is 1. The predicted octanol–water partition coefficient (Wildman–Crippen LogP) is 5.48. The summed E-state index contributed by atoms with van der Waals surface area (Å²) >= 11 is 6.42. The van der Waals surface area contributed by atoms with Crippen LogP contribution >= 0.6 is 11.6 Å². The van der Waals surface area contributed by atoms with Crippen molar-refractivity contribution >= 4 is 17.5 Å². The van der Waals surface area contributed by atoms with Crippen molar-refractivity contribution in [1.82, 2.24) is 15.1 Å². The molecule has 31 heavy (non-hydrogen) atoms. The van der Waals surface area contributed by atoms with Crippen molar-refractivity contribution in [2.24, 2.45) is 0 Å². The van der Waals surface area contributed by atoms with Gasteiger partial charge in [-0.2, -0.15) is 5.10 Å². The zero-order valence-electron chi connectivity index (χ0n) is 16.9. The van der Waals surface area contributed by atoms with Crippen LogP contribution in [0.4, 0.5) is 0 Å². The van der Waals surface area contributed by atoms with Gasteiger partial charge >= 0.3 is 0 Å². The summed E-state index contributed by atoms with van der Waals surface area (Å²) in [7, 11) is 1.64. The normalized spacial score (nSPS) is 15.2. The lowest BCUT2D eigenvalue weighted by Gasteiger charge is -2.27. The van der Waals surface area contributed by atoms with Gasteiger partial charge in [0.15, 0.2) is 0 Å². The van der Waals surface area contributed by atoms with Crippen molar-refractivity contribution in [3.05, 3.63) is 106 Å². The van der Waals surface area contributed by atoms with Gasteiger partial charge in [0.25, 0.3) is 5.91 Å². The maximum absolute atomic E-state index is 13.4.